The average Bonchev–Trinajstić information content (AvgIpc) is 2.50. The first-order chi connectivity index (χ1) is 10.8. The predicted octanol–water partition coefficient (Wildman–Crippen LogP) is 2.89. The molecule has 0 spiro atoms. The van der Waals surface area contributed by atoms with Crippen molar-refractivity contribution >= 4 is 43.2 Å². The molecule has 120 valence electrons. The average molecular weight is 397 g/mol. The first kappa shape index (κ1) is 15.8. The standard InChI is InChI=1S/C15H13BrN2O4S/c1-9-6-10(2-4-12(9)16)18-23(20,21)11-3-5-13-14(7-11)22-8-15(19)17-13/h2-7,18H,8H2,1H3,(H,17,19). The molecule has 0 fully saturated rings. The molecule has 0 radical (unpaired) electrons. The maximum absolute atomic E-state index is 12.5. The van der Waals surface area contributed by atoms with Crippen molar-refractivity contribution < 1.29 is 17.9 Å². The van der Waals surface area contributed by atoms with E-state index in [0.717, 1.165) is 10.0 Å². The third-order valence-corrected chi connectivity index (χ3v) is 5.58. The number of carbonyl (C=O) groups excluding carboxylic acids is 1. The Bertz CT molecular complexity index is 896. The van der Waals surface area contributed by atoms with Crippen LogP contribution in [0, 0.1) is 6.92 Å². The van der Waals surface area contributed by atoms with Crippen LogP contribution in [0.5, 0.6) is 5.75 Å². The second kappa shape index (κ2) is 5.86. The van der Waals surface area contributed by atoms with E-state index in [4.69, 9.17) is 4.74 Å². The summed E-state index contributed by atoms with van der Waals surface area (Å²) in [6.45, 7) is 1.74. The van der Waals surface area contributed by atoms with E-state index in [1.807, 2.05) is 6.92 Å². The number of halogens is 1. The number of benzene rings is 2. The first-order valence-electron chi connectivity index (χ1n) is 6.71. The van der Waals surface area contributed by atoms with Crippen molar-refractivity contribution in [2.75, 3.05) is 16.6 Å². The largest absolute Gasteiger partial charge is 0.482 e. The van der Waals surface area contributed by atoms with E-state index in [9.17, 15) is 13.2 Å². The molecule has 8 heteroatoms. The monoisotopic (exact) mass is 396 g/mol. The maximum Gasteiger partial charge on any atom is 0.262 e. The molecule has 0 unspecified atom stereocenters. The topological polar surface area (TPSA) is 84.5 Å². The summed E-state index contributed by atoms with van der Waals surface area (Å²) in [5.41, 5.74) is 1.85. The van der Waals surface area contributed by atoms with Gasteiger partial charge in [0.05, 0.1) is 10.6 Å². The summed E-state index contributed by atoms with van der Waals surface area (Å²) in [6, 6.07) is 9.50. The number of sulfonamides is 1. The highest BCUT2D eigenvalue weighted by molar-refractivity contribution is 9.10. The molecule has 0 saturated heterocycles. The molecular weight excluding hydrogens is 384 g/mol. The highest BCUT2D eigenvalue weighted by Gasteiger charge is 2.21. The van der Waals surface area contributed by atoms with Crippen molar-refractivity contribution in [3.8, 4) is 5.75 Å². The minimum Gasteiger partial charge on any atom is -0.482 e. The van der Waals surface area contributed by atoms with Crippen molar-refractivity contribution in [3.05, 3.63) is 46.4 Å². The number of carbonyl (C=O) groups is 1. The van der Waals surface area contributed by atoms with Crippen LogP contribution >= 0.6 is 15.9 Å². The summed E-state index contributed by atoms with van der Waals surface area (Å²) in [7, 11) is -3.75. The molecule has 0 aliphatic carbocycles. The minimum atomic E-state index is -3.75. The van der Waals surface area contributed by atoms with Crippen LogP contribution in [0.3, 0.4) is 0 Å². The van der Waals surface area contributed by atoms with Crippen molar-refractivity contribution in [1.29, 1.82) is 0 Å². The number of hydrogen-bond acceptors (Lipinski definition) is 4. The minimum absolute atomic E-state index is 0.0629. The zero-order chi connectivity index (χ0) is 16.6. The van der Waals surface area contributed by atoms with Gasteiger partial charge < -0.3 is 10.1 Å². The Morgan fingerprint density at radius 1 is 1.22 bits per heavy atom. The van der Waals surface area contributed by atoms with Crippen LogP contribution in [-0.4, -0.2) is 20.9 Å². The van der Waals surface area contributed by atoms with Gasteiger partial charge >= 0.3 is 0 Å². The molecule has 1 aliphatic rings. The molecule has 2 N–H and O–H groups in total. The van der Waals surface area contributed by atoms with Crippen LogP contribution in [0.2, 0.25) is 0 Å². The molecular formula is C15H13BrN2O4S. The number of aryl methyl sites for hydroxylation is 1. The van der Waals surface area contributed by atoms with Gasteiger partial charge in [-0.15, -0.1) is 0 Å². The highest BCUT2D eigenvalue weighted by Crippen LogP contribution is 2.31. The van der Waals surface area contributed by atoms with Gasteiger partial charge in [0.2, 0.25) is 0 Å². The fourth-order valence-corrected chi connectivity index (χ4v) is 3.46. The van der Waals surface area contributed by atoms with E-state index in [2.05, 4.69) is 26.0 Å². The number of nitrogens with one attached hydrogen (secondary N) is 2. The van der Waals surface area contributed by atoms with Gasteiger partial charge in [-0.1, -0.05) is 15.9 Å². The Morgan fingerprint density at radius 3 is 2.74 bits per heavy atom. The third-order valence-electron chi connectivity index (χ3n) is 3.31. The molecule has 23 heavy (non-hydrogen) atoms. The third kappa shape index (κ3) is 3.32. The van der Waals surface area contributed by atoms with E-state index in [1.165, 1.54) is 18.2 Å². The first-order valence-corrected chi connectivity index (χ1v) is 8.98. The van der Waals surface area contributed by atoms with E-state index in [1.54, 1.807) is 18.2 Å². The predicted molar refractivity (Wildman–Crippen MR) is 90.3 cm³/mol. The Morgan fingerprint density at radius 2 is 2.00 bits per heavy atom. The molecule has 0 saturated carbocycles. The van der Waals surface area contributed by atoms with E-state index >= 15 is 0 Å². The fraction of sp³-hybridized carbons (Fsp3) is 0.133. The number of ether oxygens (including phenoxy) is 1. The SMILES string of the molecule is Cc1cc(NS(=O)(=O)c2ccc3c(c2)OCC(=O)N3)ccc1Br. The molecule has 1 heterocycles. The fourth-order valence-electron chi connectivity index (χ4n) is 2.14. The van der Waals surface area contributed by atoms with Crippen LogP contribution < -0.4 is 14.8 Å². The Balaban J connectivity index is 1.90. The second-order valence-electron chi connectivity index (χ2n) is 5.06. The van der Waals surface area contributed by atoms with Crippen molar-refractivity contribution in [2.24, 2.45) is 0 Å². The van der Waals surface area contributed by atoms with Crippen molar-refractivity contribution in [2.45, 2.75) is 11.8 Å². The van der Waals surface area contributed by atoms with Gasteiger partial charge in [-0.25, -0.2) is 8.42 Å². The quantitative estimate of drug-likeness (QED) is 0.834. The Kier molecular flexibility index (Phi) is 4.03. The van der Waals surface area contributed by atoms with Crippen LogP contribution in [0.1, 0.15) is 5.56 Å². The second-order valence-corrected chi connectivity index (χ2v) is 7.60. The maximum atomic E-state index is 12.5. The van der Waals surface area contributed by atoms with Crippen molar-refractivity contribution in [1.82, 2.24) is 0 Å². The molecule has 2 aromatic carbocycles. The van der Waals surface area contributed by atoms with Gasteiger partial charge in [0.25, 0.3) is 15.9 Å². The number of rotatable bonds is 3. The number of hydrogen-bond donors (Lipinski definition) is 2. The van der Waals surface area contributed by atoms with Gasteiger partial charge in [0.1, 0.15) is 5.75 Å². The van der Waals surface area contributed by atoms with Gasteiger partial charge in [-0.3, -0.25) is 9.52 Å². The van der Waals surface area contributed by atoms with Crippen LogP contribution in [0.4, 0.5) is 11.4 Å². The van der Waals surface area contributed by atoms with E-state index in [-0.39, 0.29) is 17.4 Å². The van der Waals surface area contributed by atoms with Crippen molar-refractivity contribution in [3.63, 3.8) is 0 Å². The molecule has 0 aromatic heterocycles. The van der Waals surface area contributed by atoms with E-state index in [0.29, 0.717) is 17.1 Å². The lowest BCUT2D eigenvalue weighted by Crippen LogP contribution is -2.25. The zero-order valence-corrected chi connectivity index (χ0v) is 14.5. The lowest BCUT2D eigenvalue weighted by atomic mass is 10.2. The molecule has 1 amide bonds. The zero-order valence-electron chi connectivity index (χ0n) is 12.1. The Labute approximate surface area is 142 Å². The summed E-state index contributed by atoms with van der Waals surface area (Å²) in [5, 5.41) is 2.62. The van der Waals surface area contributed by atoms with Crippen LogP contribution in [0.15, 0.2) is 45.8 Å². The molecule has 0 atom stereocenters. The smallest absolute Gasteiger partial charge is 0.262 e. The number of fused-ring (bicyclic) bond motifs is 1. The van der Waals surface area contributed by atoms with Gasteiger partial charge in [0, 0.05) is 16.2 Å². The number of anilines is 2. The summed E-state index contributed by atoms with van der Waals surface area (Å²) < 4.78 is 33.6. The van der Waals surface area contributed by atoms with Gasteiger partial charge in [-0.2, -0.15) is 0 Å². The summed E-state index contributed by atoms with van der Waals surface area (Å²) >= 11 is 3.37. The molecule has 6 nitrogen and oxygen atoms in total. The highest BCUT2D eigenvalue weighted by atomic mass is 79.9. The lowest BCUT2D eigenvalue weighted by molar-refractivity contribution is -0.118. The normalized spacial score (nSPS) is 13.7. The Hall–Kier alpha value is -2.06. The van der Waals surface area contributed by atoms with Crippen LogP contribution in [0.25, 0.3) is 0 Å². The van der Waals surface area contributed by atoms with Gasteiger partial charge in [-0.05, 0) is 42.8 Å². The summed E-state index contributed by atoms with van der Waals surface area (Å²) in [4.78, 5) is 11.3. The summed E-state index contributed by atoms with van der Waals surface area (Å²) in [5.74, 6) is 0.0658. The molecule has 3 rings (SSSR count). The molecule has 2 aromatic rings. The molecule has 1 aliphatic heterocycles. The lowest BCUT2D eigenvalue weighted by Gasteiger charge is -2.18. The molecule has 0 bridgehead atoms. The number of amides is 1. The van der Waals surface area contributed by atoms with Gasteiger partial charge in [0.15, 0.2) is 6.61 Å². The van der Waals surface area contributed by atoms with E-state index < -0.39 is 10.0 Å². The summed E-state index contributed by atoms with van der Waals surface area (Å²) in [6.07, 6.45) is 0. The van der Waals surface area contributed by atoms with Crippen LogP contribution in [-0.2, 0) is 14.8 Å².